The smallest absolute Gasteiger partial charge is 0.243 e. The zero-order chi connectivity index (χ0) is 23.1. The number of H-pyrrole nitrogens is 1. The predicted molar refractivity (Wildman–Crippen MR) is 126 cm³/mol. The third kappa shape index (κ3) is 6.60. The standard InChI is InChI=1S/C19H18Cl3N5O3S2/c20-13-4-6-14(7-5-13)32(29,30)27(10-15-16(21)2-1-3-17(15)22)11-18(28)23-8-9-31-19-24-12-25-26-19/h1-7,12H,8-11H2,(H,23,28)(H,24,25,26). The summed E-state index contributed by atoms with van der Waals surface area (Å²) in [5, 5.41) is 10.8. The van der Waals surface area contributed by atoms with Crippen molar-refractivity contribution in [2.24, 2.45) is 0 Å². The lowest BCUT2D eigenvalue weighted by Gasteiger charge is -2.23. The third-order valence-electron chi connectivity index (χ3n) is 4.22. The highest BCUT2D eigenvalue weighted by Gasteiger charge is 2.28. The number of rotatable bonds is 10. The number of aromatic amines is 1. The fourth-order valence-electron chi connectivity index (χ4n) is 2.66. The molecule has 0 saturated heterocycles. The van der Waals surface area contributed by atoms with Crippen LogP contribution in [0.15, 0.2) is 58.8 Å². The number of nitrogens with zero attached hydrogens (tertiary/aromatic N) is 3. The molecule has 0 unspecified atom stereocenters. The topological polar surface area (TPSA) is 108 Å². The van der Waals surface area contributed by atoms with Crippen LogP contribution in [0.25, 0.3) is 0 Å². The van der Waals surface area contributed by atoms with Gasteiger partial charge in [0, 0.05) is 39.5 Å². The Morgan fingerprint density at radius 1 is 1.09 bits per heavy atom. The number of carbonyl (C=O) groups excluding carboxylic acids is 1. The second-order valence-corrected chi connectivity index (χ2v) is 10.7. The van der Waals surface area contributed by atoms with Gasteiger partial charge in [0.05, 0.1) is 11.4 Å². The maximum atomic E-state index is 13.3. The van der Waals surface area contributed by atoms with Gasteiger partial charge < -0.3 is 5.32 Å². The number of carbonyl (C=O) groups is 1. The first-order chi connectivity index (χ1) is 15.3. The SMILES string of the molecule is O=C(CN(Cc1c(Cl)cccc1Cl)S(=O)(=O)c1ccc(Cl)cc1)NCCSc1ncn[nH]1. The van der Waals surface area contributed by atoms with Crippen molar-refractivity contribution in [3.63, 3.8) is 0 Å². The fraction of sp³-hybridized carbons (Fsp3) is 0.211. The molecule has 3 aromatic rings. The van der Waals surface area contributed by atoms with Crippen LogP contribution in [0.4, 0.5) is 0 Å². The fourth-order valence-corrected chi connectivity index (χ4v) is 5.30. The van der Waals surface area contributed by atoms with Crippen LogP contribution >= 0.6 is 46.6 Å². The van der Waals surface area contributed by atoms with Crippen LogP contribution in [0.5, 0.6) is 0 Å². The first-order valence-corrected chi connectivity index (χ1v) is 12.8. The number of hydrogen-bond donors (Lipinski definition) is 2. The summed E-state index contributed by atoms with van der Waals surface area (Å²) in [4.78, 5) is 16.5. The van der Waals surface area contributed by atoms with Crippen molar-refractivity contribution in [1.29, 1.82) is 0 Å². The molecule has 0 radical (unpaired) electrons. The molecule has 2 aromatic carbocycles. The first kappa shape index (κ1) is 24.8. The average molecular weight is 535 g/mol. The number of amides is 1. The Kier molecular flexibility index (Phi) is 8.80. The summed E-state index contributed by atoms with van der Waals surface area (Å²) in [6.07, 6.45) is 1.39. The van der Waals surface area contributed by atoms with Crippen LogP contribution in [-0.4, -0.2) is 52.7 Å². The normalized spacial score (nSPS) is 11.6. The van der Waals surface area contributed by atoms with Crippen molar-refractivity contribution in [2.45, 2.75) is 16.6 Å². The zero-order valence-corrected chi connectivity index (χ0v) is 20.4. The minimum absolute atomic E-state index is 0.00116. The number of aromatic nitrogens is 3. The van der Waals surface area contributed by atoms with Gasteiger partial charge in [-0.25, -0.2) is 13.4 Å². The monoisotopic (exact) mass is 533 g/mol. The van der Waals surface area contributed by atoms with E-state index in [1.54, 1.807) is 18.2 Å². The average Bonchev–Trinajstić information content (AvgIpc) is 3.27. The lowest BCUT2D eigenvalue weighted by atomic mass is 10.2. The highest BCUT2D eigenvalue weighted by Crippen LogP contribution is 2.28. The number of thioether (sulfide) groups is 1. The molecule has 0 atom stereocenters. The van der Waals surface area contributed by atoms with Crippen molar-refractivity contribution in [3.05, 3.63) is 69.4 Å². The molecule has 0 aliphatic carbocycles. The second kappa shape index (κ2) is 11.4. The van der Waals surface area contributed by atoms with E-state index in [-0.39, 0.29) is 11.4 Å². The number of halogens is 3. The number of sulfonamides is 1. The van der Waals surface area contributed by atoms with Crippen molar-refractivity contribution in [3.8, 4) is 0 Å². The van der Waals surface area contributed by atoms with E-state index in [4.69, 9.17) is 34.8 Å². The molecule has 13 heteroatoms. The van der Waals surface area contributed by atoms with E-state index in [1.165, 1.54) is 42.4 Å². The predicted octanol–water partition coefficient (Wildman–Crippen LogP) is 3.86. The molecule has 0 fully saturated rings. The van der Waals surface area contributed by atoms with Gasteiger partial charge in [0.25, 0.3) is 0 Å². The van der Waals surface area contributed by atoms with Crippen molar-refractivity contribution >= 4 is 62.5 Å². The summed E-state index contributed by atoms with van der Waals surface area (Å²) in [6, 6.07) is 10.6. The molecule has 1 heterocycles. The third-order valence-corrected chi connectivity index (χ3v) is 7.87. The van der Waals surface area contributed by atoms with E-state index < -0.39 is 22.5 Å². The summed E-state index contributed by atoms with van der Waals surface area (Å²) >= 11 is 19.7. The van der Waals surface area contributed by atoms with Gasteiger partial charge in [0.2, 0.25) is 15.9 Å². The van der Waals surface area contributed by atoms with Crippen LogP contribution in [-0.2, 0) is 21.4 Å². The van der Waals surface area contributed by atoms with E-state index in [0.717, 1.165) is 4.31 Å². The van der Waals surface area contributed by atoms with Crippen molar-refractivity contribution < 1.29 is 13.2 Å². The summed E-state index contributed by atoms with van der Waals surface area (Å²) < 4.78 is 27.6. The molecule has 32 heavy (non-hydrogen) atoms. The summed E-state index contributed by atoms with van der Waals surface area (Å²) in [7, 11) is -4.04. The highest BCUT2D eigenvalue weighted by molar-refractivity contribution is 7.99. The molecule has 1 aromatic heterocycles. The molecule has 2 N–H and O–H groups in total. The van der Waals surface area contributed by atoms with Crippen LogP contribution in [0, 0.1) is 0 Å². The molecule has 0 bridgehead atoms. The first-order valence-electron chi connectivity index (χ1n) is 9.21. The Morgan fingerprint density at radius 3 is 2.41 bits per heavy atom. The van der Waals surface area contributed by atoms with Crippen molar-refractivity contribution in [1.82, 2.24) is 24.8 Å². The second-order valence-electron chi connectivity index (χ2n) is 6.42. The van der Waals surface area contributed by atoms with E-state index in [0.29, 0.717) is 38.1 Å². The molecule has 0 spiro atoms. The molecule has 3 rings (SSSR count). The zero-order valence-electron chi connectivity index (χ0n) is 16.5. The molecule has 0 aliphatic rings. The summed E-state index contributed by atoms with van der Waals surface area (Å²) in [5.41, 5.74) is 0.405. The van der Waals surface area contributed by atoms with Crippen LogP contribution in [0.2, 0.25) is 15.1 Å². The van der Waals surface area contributed by atoms with Gasteiger partial charge in [-0.15, -0.1) is 0 Å². The van der Waals surface area contributed by atoms with Gasteiger partial charge in [0.15, 0.2) is 5.16 Å². The van der Waals surface area contributed by atoms with Crippen molar-refractivity contribution in [2.75, 3.05) is 18.8 Å². The van der Waals surface area contributed by atoms with Gasteiger partial charge in [-0.2, -0.15) is 9.40 Å². The quantitative estimate of drug-likeness (QED) is 0.302. The Labute approximate surface area is 204 Å². The Balaban J connectivity index is 1.75. The van der Waals surface area contributed by atoms with Gasteiger partial charge in [-0.1, -0.05) is 52.6 Å². The van der Waals surface area contributed by atoms with Gasteiger partial charge in [0.1, 0.15) is 6.33 Å². The van der Waals surface area contributed by atoms with E-state index in [9.17, 15) is 13.2 Å². The minimum atomic E-state index is -4.04. The molecule has 170 valence electrons. The number of benzene rings is 2. The van der Waals surface area contributed by atoms with E-state index in [1.807, 2.05) is 0 Å². The number of hydrogen-bond acceptors (Lipinski definition) is 6. The van der Waals surface area contributed by atoms with Crippen LogP contribution in [0.1, 0.15) is 5.56 Å². The summed E-state index contributed by atoms with van der Waals surface area (Å²) in [6.45, 7) is -0.283. The Hall–Kier alpha value is -1.82. The number of nitrogens with one attached hydrogen (secondary N) is 2. The highest BCUT2D eigenvalue weighted by atomic mass is 35.5. The Morgan fingerprint density at radius 2 is 1.78 bits per heavy atom. The van der Waals surface area contributed by atoms with Gasteiger partial charge in [-0.3, -0.25) is 9.89 Å². The molecule has 1 amide bonds. The van der Waals surface area contributed by atoms with Gasteiger partial charge in [-0.05, 0) is 36.4 Å². The molecular weight excluding hydrogens is 517 g/mol. The van der Waals surface area contributed by atoms with Crippen LogP contribution < -0.4 is 5.32 Å². The lowest BCUT2D eigenvalue weighted by molar-refractivity contribution is -0.121. The molecular formula is C19H18Cl3N5O3S2. The molecule has 8 nitrogen and oxygen atoms in total. The maximum Gasteiger partial charge on any atom is 0.243 e. The maximum absolute atomic E-state index is 13.3. The van der Waals surface area contributed by atoms with Gasteiger partial charge >= 0.3 is 0 Å². The minimum Gasteiger partial charge on any atom is -0.354 e. The van der Waals surface area contributed by atoms with E-state index in [2.05, 4.69) is 20.5 Å². The Bertz CT molecular complexity index is 1140. The summed E-state index contributed by atoms with van der Waals surface area (Å²) in [5.74, 6) is 0.0604. The molecule has 0 aliphatic heterocycles. The van der Waals surface area contributed by atoms with E-state index >= 15 is 0 Å². The largest absolute Gasteiger partial charge is 0.354 e. The van der Waals surface area contributed by atoms with Crippen LogP contribution in [0.3, 0.4) is 0 Å². The lowest BCUT2D eigenvalue weighted by Crippen LogP contribution is -2.41. The molecule has 0 saturated carbocycles.